The van der Waals surface area contributed by atoms with E-state index in [-0.39, 0.29) is 12.0 Å². The Bertz CT molecular complexity index is 634. The normalized spacial score (nSPS) is 25.4. The van der Waals surface area contributed by atoms with E-state index in [1.807, 2.05) is 27.8 Å². The Labute approximate surface area is 111 Å². The molecule has 0 N–H and O–H groups in total. The lowest BCUT2D eigenvalue weighted by molar-refractivity contribution is -0.136. The van der Waals surface area contributed by atoms with Gasteiger partial charge in [0.15, 0.2) is 0 Å². The fourth-order valence-corrected chi connectivity index (χ4v) is 3.22. The van der Waals surface area contributed by atoms with Gasteiger partial charge in [0.25, 0.3) is 0 Å². The summed E-state index contributed by atoms with van der Waals surface area (Å²) in [6.07, 6.45) is 3.28. The van der Waals surface area contributed by atoms with E-state index in [9.17, 15) is 4.79 Å². The highest BCUT2D eigenvalue weighted by Gasteiger charge is 2.41. The molecule has 2 bridgehead atoms. The van der Waals surface area contributed by atoms with Gasteiger partial charge in [-0.15, -0.1) is 0 Å². The van der Waals surface area contributed by atoms with E-state index in [1.165, 1.54) is 5.39 Å². The lowest BCUT2D eigenvalue weighted by atomic mass is 10.2. The SMILES string of the molecule is O=C(Cn1ccc2ccccc21)N1C[C@H]2C[C@H]1CO2. The number of rotatable bonds is 2. The van der Waals surface area contributed by atoms with Crippen LogP contribution in [-0.4, -0.2) is 40.7 Å². The zero-order valence-electron chi connectivity index (χ0n) is 10.7. The van der Waals surface area contributed by atoms with E-state index in [0.717, 1.165) is 18.5 Å². The number of ether oxygens (including phenoxy) is 1. The van der Waals surface area contributed by atoms with E-state index in [2.05, 4.69) is 18.2 Å². The van der Waals surface area contributed by atoms with Crippen molar-refractivity contribution in [2.24, 2.45) is 0 Å². The summed E-state index contributed by atoms with van der Waals surface area (Å²) in [5.74, 6) is 0.206. The smallest absolute Gasteiger partial charge is 0.242 e. The number of hydrogen-bond acceptors (Lipinski definition) is 2. The number of amides is 1. The number of aromatic nitrogens is 1. The fourth-order valence-electron chi connectivity index (χ4n) is 3.22. The quantitative estimate of drug-likeness (QED) is 0.818. The van der Waals surface area contributed by atoms with Gasteiger partial charge in [0.05, 0.1) is 18.8 Å². The largest absolute Gasteiger partial charge is 0.374 e. The zero-order valence-corrected chi connectivity index (χ0v) is 10.7. The Hall–Kier alpha value is -1.81. The predicted molar refractivity (Wildman–Crippen MR) is 71.8 cm³/mol. The lowest BCUT2D eigenvalue weighted by Crippen LogP contribution is -2.42. The predicted octanol–water partition coefficient (Wildman–Crippen LogP) is 1.64. The number of benzene rings is 1. The van der Waals surface area contributed by atoms with Gasteiger partial charge in [0.1, 0.15) is 6.54 Å². The Morgan fingerprint density at radius 2 is 2.21 bits per heavy atom. The van der Waals surface area contributed by atoms with Crippen LogP contribution in [0.5, 0.6) is 0 Å². The van der Waals surface area contributed by atoms with Gasteiger partial charge in [-0.25, -0.2) is 0 Å². The summed E-state index contributed by atoms with van der Waals surface area (Å²) in [5, 5.41) is 1.18. The molecule has 2 aliphatic heterocycles. The number of nitrogens with zero attached hydrogens (tertiary/aromatic N) is 2. The van der Waals surface area contributed by atoms with Crippen LogP contribution >= 0.6 is 0 Å². The molecule has 3 heterocycles. The molecule has 1 amide bonds. The molecule has 0 aliphatic carbocycles. The molecule has 4 heteroatoms. The first kappa shape index (κ1) is 11.1. The number of likely N-dealkylation sites (tertiary alicyclic amines) is 1. The van der Waals surface area contributed by atoms with Crippen molar-refractivity contribution in [1.29, 1.82) is 0 Å². The molecule has 0 unspecified atom stereocenters. The van der Waals surface area contributed by atoms with Gasteiger partial charge in [0.2, 0.25) is 5.91 Å². The minimum absolute atomic E-state index is 0.206. The summed E-state index contributed by atoms with van der Waals surface area (Å²) in [6.45, 7) is 1.91. The topological polar surface area (TPSA) is 34.5 Å². The van der Waals surface area contributed by atoms with Crippen molar-refractivity contribution in [3.8, 4) is 0 Å². The lowest BCUT2D eigenvalue weighted by Gasteiger charge is -2.27. The van der Waals surface area contributed by atoms with Crippen LogP contribution in [0.15, 0.2) is 36.5 Å². The molecule has 2 saturated heterocycles. The number of para-hydroxylation sites is 1. The number of carbonyl (C=O) groups excluding carboxylic acids is 1. The van der Waals surface area contributed by atoms with E-state index in [0.29, 0.717) is 19.2 Å². The molecule has 98 valence electrons. The third-order valence-corrected chi connectivity index (χ3v) is 4.21. The molecule has 1 aromatic carbocycles. The second-order valence-electron chi connectivity index (χ2n) is 5.39. The molecule has 1 aromatic heterocycles. The Balaban J connectivity index is 1.56. The van der Waals surface area contributed by atoms with Crippen LogP contribution in [0.4, 0.5) is 0 Å². The highest BCUT2D eigenvalue weighted by molar-refractivity contribution is 5.83. The van der Waals surface area contributed by atoms with Crippen molar-refractivity contribution < 1.29 is 9.53 Å². The molecular formula is C15H16N2O2. The van der Waals surface area contributed by atoms with Gasteiger partial charge in [-0.05, 0) is 23.9 Å². The number of morpholine rings is 1. The molecule has 2 aromatic rings. The maximum Gasteiger partial charge on any atom is 0.242 e. The van der Waals surface area contributed by atoms with E-state index < -0.39 is 0 Å². The van der Waals surface area contributed by atoms with Crippen molar-refractivity contribution in [2.45, 2.75) is 25.1 Å². The van der Waals surface area contributed by atoms with Crippen molar-refractivity contribution in [3.05, 3.63) is 36.5 Å². The number of fused-ring (bicyclic) bond motifs is 3. The summed E-state index contributed by atoms with van der Waals surface area (Å²) in [6, 6.07) is 10.5. The number of hydrogen-bond donors (Lipinski definition) is 0. The van der Waals surface area contributed by atoms with Crippen molar-refractivity contribution in [3.63, 3.8) is 0 Å². The van der Waals surface area contributed by atoms with Crippen LogP contribution < -0.4 is 0 Å². The highest BCUT2D eigenvalue weighted by atomic mass is 16.5. The molecule has 0 spiro atoms. The van der Waals surface area contributed by atoms with Crippen LogP contribution in [0.2, 0.25) is 0 Å². The van der Waals surface area contributed by atoms with Crippen LogP contribution in [0.1, 0.15) is 6.42 Å². The third-order valence-electron chi connectivity index (χ3n) is 4.21. The van der Waals surface area contributed by atoms with Gasteiger partial charge >= 0.3 is 0 Å². The molecule has 0 saturated carbocycles. The molecular weight excluding hydrogens is 240 g/mol. The number of carbonyl (C=O) groups is 1. The van der Waals surface area contributed by atoms with Crippen LogP contribution in [0.3, 0.4) is 0 Å². The first-order valence-electron chi connectivity index (χ1n) is 6.76. The van der Waals surface area contributed by atoms with E-state index >= 15 is 0 Å². The Morgan fingerprint density at radius 3 is 3.00 bits per heavy atom. The second kappa shape index (κ2) is 4.10. The average Bonchev–Trinajstić information content (AvgIpc) is 3.14. The Kier molecular flexibility index (Phi) is 2.38. The molecule has 2 atom stereocenters. The van der Waals surface area contributed by atoms with E-state index in [4.69, 9.17) is 4.74 Å². The Morgan fingerprint density at radius 1 is 1.32 bits per heavy atom. The third kappa shape index (κ3) is 1.75. The summed E-state index contributed by atoms with van der Waals surface area (Å²) in [5.41, 5.74) is 1.12. The van der Waals surface area contributed by atoms with Crippen LogP contribution in [0, 0.1) is 0 Å². The van der Waals surface area contributed by atoms with Crippen molar-refractivity contribution in [1.82, 2.24) is 9.47 Å². The van der Waals surface area contributed by atoms with Gasteiger partial charge in [-0.1, -0.05) is 18.2 Å². The monoisotopic (exact) mass is 256 g/mol. The minimum Gasteiger partial charge on any atom is -0.374 e. The zero-order chi connectivity index (χ0) is 12.8. The molecule has 4 nitrogen and oxygen atoms in total. The van der Waals surface area contributed by atoms with Gasteiger partial charge in [0, 0.05) is 18.3 Å². The van der Waals surface area contributed by atoms with Crippen molar-refractivity contribution >= 4 is 16.8 Å². The van der Waals surface area contributed by atoms with Crippen LogP contribution in [-0.2, 0) is 16.1 Å². The van der Waals surface area contributed by atoms with Gasteiger partial charge < -0.3 is 14.2 Å². The first-order chi connectivity index (χ1) is 9.31. The molecule has 0 radical (unpaired) electrons. The second-order valence-corrected chi connectivity index (χ2v) is 5.39. The summed E-state index contributed by atoms with van der Waals surface area (Å²) >= 11 is 0. The molecule has 2 fully saturated rings. The summed E-state index contributed by atoms with van der Waals surface area (Å²) in [4.78, 5) is 14.4. The molecule has 4 rings (SSSR count). The standard InChI is InChI=1S/C15H16N2O2/c18-15(17-8-13-7-12(17)10-19-13)9-16-6-5-11-3-1-2-4-14(11)16/h1-6,12-13H,7-10H2/t12-,13+/m0/s1. The maximum absolute atomic E-state index is 12.4. The highest BCUT2D eigenvalue weighted by Crippen LogP contribution is 2.28. The summed E-state index contributed by atoms with van der Waals surface area (Å²) in [7, 11) is 0. The van der Waals surface area contributed by atoms with Gasteiger partial charge in [-0.2, -0.15) is 0 Å². The van der Waals surface area contributed by atoms with Gasteiger partial charge in [-0.3, -0.25) is 4.79 Å². The fraction of sp³-hybridized carbons (Fsp3) is 0.400. The maximum atomic E-state index is 12.4. The van der Waals surface area contributed by atoms with Crippen LogP contribution in [0.25, 0.3) is 10.9 Å². The van der Waals surface area contributed by atoms with E-state index in [1.54, 1.807) is 0 Å². The summed E-state index contributed by atoms with van der Waals surface area (Å²) < 4.78 is 7.57. The molecule has 19 heavy (non-hydrogen) atoms. The van der Waals surface area contributed by atoms with Crippen molar-refractivity contribution in [2.75, 3.05) is 13.2 Å². The minimum atomic E-state index is 0.206. The average molecular weight is 256 g/mol. The first-order valence-corrected chi connectivity index (χ1v) is 6.76. The molecule has 2 aliphatic rings.